The van der Waals surface area contributed by atoms with Crippen LogP contribution in [0.3, 0.4) is 0 Å². The number of aryl methyl sites for hydroxylation is 1. The van der Waals surface area contributed by atoms with Crippen LogP contribution in [-0.2, 0) is 7.05 Å². The summed E-state index contributed by atoms with van der Waals surface area (Å²) in [5.41, 5.74) is 2.67. The number of rotatable bonds is 6. The van der Waals surface area contributed by atoms with Crippen molar-refractivity contribution in [1.82, 2.24) is 24.9 Å². The summed E-state index contributed by atoms with van der Waals surface area (Å²) in [5.74, 6) is 2.25. The van der Waals surface area contributed by atoms with E-state index in [1.165, 1.54) is 11.1 Å². The second-order valence-corrected chi connectivity index (χ2v) is 8.35. The monoisotopic (exact) mass is 396 g/mol. The van der Waals surface area contributed by atoms with E-state index in [-0.39, 0.29) is 6.04 Å². The van der Waals surface area contributed by atoms with Gasteiger partial charge in [0, 0.05) is 38.4 Å². The van der Waals surface area contributed by atoms with Gasteiger partial charge < -0.3 is 15.1 Å². The van der Waals surface area contributed by atoms with Crippen LogP contribution in [0.25, 0.3) is 0 Å². The van der Waals surface area contributed by atoms with E-state index in [0.717, 1.165) is 32.0 Å². The zero-order valence-electron chi connectivity index (χ0n) is 18.5. The third kappa shape index (κ3) is 5.38. The highest BCUT2D eigenvalue weighted by Crippen LogP contribution is 2.32. The molecule has 3 atom stereocenters. The standard InChI is InChI=1S/C23H36N6/c1-6-24-23(25-15-22(27(3)4)20-14-26-28(5)17-20)29-13-12-21(18(2)16-29)19-10-8-7-9-11-19/h7-11,14,17-18,21-22H,6,12-13,15-16H2,1-5H3,(H,24,25). The maximum atomic E-state index is 5.03. The van der Waals surface area contributed by atoms with Crippen LogP contribution < -0.4 is 5.32 Å². The number of nitrogens with zero attached hydrogens (tertiary/aromatic N) is 5. The molecule has 1 aliphatic rings. The summed E-state index contributed by atoms with van der Waals surface area (Å²) >= 11 is 0. The molecular formula is C23H36N6. The molecule has 0 bridgehead atoms. The van der Waals surface area contributed by atoms with Crippen molar-refractivity contribution in [3.8, 4) is 0 Å². The Morgan fingerprint density at radius 2 is 2.07 bits per heavy atom. The molecule has 158 valence electrons. The van der Waals surface area contributed by atoms with Gasteiger partial charge >= 0.3 is 0 Å². The van der Waals surface area contributed by atoms with Gasteiger partial charge in [-0.2, -0.15) is 5.10 Å². The van der Waals surface area contributed by atoms with Gasteiger partial charge in [-0.25, -0.2) is 0 Å². The minimum Gasteiger partial charge on any atom is -0.357 e. The summed E-state index contributed by atoms with van der Waals surface area (Å²) < 4.78 is 1.86. The maximum absolute atomic E-state index is 5.03. The van der Waals surface area contributed by atoms with Gasteiger partial charge in [0.15, 0.2) is 5.96 Å². The molecule has 1 aromatic carbocycles. The van der Waals surface area contributed by atoms with Crippen LogP contribution in [0.15, 0.2) is 47.7 Å². The third-order valence-electron chi connectivity index (χ3n) is 5.91. The van der Waals surface area contributed by atoms with Gasteiger partial charge in [0.05, 0.1) is 18.8 Å². The molecule has 3 unspecified atom stereocenters. The highest BCUT2D eigenvalue weighted by Gasteiger charge is 2.29. The van der Waals surface area contributed by atoms with Crippen molar-refractivity contribution in [3.05, 3.63) is 53.9 Å². The molecule has 6 nitrogen and oxygen atoms in total. The van der Waals surface area contributed by atoms with Crippen LogP contribution in [0.1, 0.15) is 43.4 Å². The van der Waals surface area contributed by atoms with Crippen molar-refractivity contribution in [2.45, 2.75) is 32.2 Å². The van der Waals surface area contributed by atoms with E-state index >= 15 is 0 Å². The summed E-state index contributed by atoms with van der Waals surface area (Å²) in [6.45, 7) is 8.17. The maximum Gasteiger partial charge on any atom is 0.193 e. The van der Waals surface area contributed by atoms with Crippen LogP contribution in [0, 0.1) is 5.92 Å². The molecule has 3 rings (SSSR count). The van der Waals surface area contributed by atoms with Crippen LogP contribution in [-0.4, -0.2) is 65.8 Å². The molecule has 1 saturated heterocycles. The molecule has 1 aliphatic heterocycles. The van der Waals surface area contributed by atoms with Gasteiger partial charge in [0.2, 0.25) is 0 Å². The summed E-state index contributed by atoms with van der Waals surface area (Å²) in [7, 11) is 6.17. The van der Waals surface area contributed by atoms with Gasteiger partial charge in [0.25, 0.3) is 0 Å². The van der Waals surface area contributed by atoms with Crippen LogP contribution in [0.5, 0.6) is 0 Å². The number of aromatic nitrogens is 2. The van der Waals surface area contributed by atoms with Crippen molar-refractivity contribution in [2.75, 3.05) is 40.3 Å². The Morgan fingerprint density at radius 3 is 2.66 bits per heavy atom. The van der Waals surface area contributed by atoms with E-state index in [2.05, 4.69) is 84.7 Å². The number of likely N-dealkylation sites (N-methyl/N-ethyl adjacent to an activating group) is 1. The zero-order valence-corrected chi connectivity index (χ0v) is 18.5. The lowest BCUT2D eigenvalue weighted by atomic mass is 9.82. The number of aliphatic imine (C=N–C) groups is 1. The summed E-state index contributed by atoms with van der Waals surface area (Å²) in [6, 6.07) is 11.2. The Kier molecular flexibility index (Phi) is 7.31. The van der Waals surface area contributed by atoms with E-state index in [9.17, 15) is 0 Å². The highest BCUT2D eigenvalue weighted by molar-refractivity contribution is 5.80. The first-order valence-electron chi connectivity index (χ1n) is 10.7. The van der Waals surface area contributed by atoms with E-state index in [1.807, 2.05) is 17.9 Å². The number of guanidine groups is 1. The van der Waals surface area contributed by atoms with Gasteiger partial charge in [-0.15, -0.1) is 0 Å². The first kappa shape index (κ1) is 21.4. The highest BCUT2D eigenvalue weighted by atomic mass is 15.3. The number of hydrogen-bond acceptors (Lipinski definition) is 3. The Labute approximate surface area is 175 Å². The number of hydrogen-bond donors (Lipinski definition) is 1. The predicted molar refractivity (Wildman–Crippen MR) is 120 cm³/mol. The molecule has 0 saturated carbocycles. The largest absolute Gasteiger partial charge is 0.357 e. The summed E-state index contributed by atoms with van der Waals surface area (Å²) in [4.78, 5) is 9.68. The van der Waals surface area contributed by atoms with Crippen LogP contribution >= 0.6 is 0 Å². The lowest BCUT2D eigenvalue weighted by molar-refractivity contribution is 0.233. The van der Waals surface area contributed by atoms with Crippen LogP contribution in [0.4, 0.5) is 0 Å². The number of nitrogens with one attached hydrogen (secondary N) is 1. The van der Waals surface area contributed by atoms with E-state index in [1.54, 1.807) is 0 Å². The van der Waals surface area contributed by atoms with Gasteiger partial charge in [-0.05, 0) is 44.8 Å². The zero-order chi connectivity index (χ0) is 20.8. The fraction of sp³-hybridized carbons (Fsp3) is 0.565. The molecule has 0 amide bonds. The smallest absolute Gasteiger partial charge is 0.193 e. The second-order valence-electron chi connectivity index (χ2n) is 8.35. The minimum absolute atomic E-state index is 0.219. The summed E-state index contributed by atoms with van der Waals surface area (Å²) in [6.07, 6.45) is 5.19. The van der Waals surface area contributed by atoms with Gasteiger partial charge in [0.1, 0.15) is 0 Å². The first-order chi connectivity index (χ1) is 14.0. The lowest BCUT2D eigenvalue weighted by Crippen LogP contribution is -2.48. The fourth-order valence-corrected chi connectivity index (χ4v) is 4.31. The van der Waals surface area contributed by atoms with Gasteiger partial charge in [-0.3, -0.25) is 9.67 Å². The molecule has 0 spiro atoms. The number of benzene rings is 1. The lowest BCUT2D eigenvalue weighted by Gasteiger charge is -2.39. The predicted octanol–water partition coefficient (Wildman–Crippen LogP) is 3.11. The molecule has 0 aliphatic carbocycles. The van der Waals surface area contributed by atoms with Crippen molar-refractivity contribution in [1.29, 1.82) is 0 Å². The molecule has 6 heteroatoms. The number of piperidine rings is 1. The molecule has 29 heavy (non-hydrogen) atoms. The van der Waals surface area contributed by atoms with Crippen molar-refractivity contribution in [3.63, 3.8) is 0 Å². The molecular weight excluding hydrogens is 360 g/mol. The van der Waals surface area contributed by atoms with E-state index < -0.39 is 0 Å². The van der Waals surface area contributed by atoms with Crippen molar-refractivity contribution in [2.24, 2.45) is 18.0 Å². The SMILES string of the molecule is CCNC(=NCC(c1cnn(C)c1)N(C)C)N1CCC(c2ccccc2)C(C)C1. The van der Waals surface area contributed by atoms with Crippen molar-refractivity contribution >= 4 is 5.96 Å². The third-order valence-corrected chi connectivity index (χ3v) is 5.91. The van der Waals surface area contributed by atoms with Crippen LogP contribution in [0.2, 0.25) is 0 Å². The molecule has 1 fully saturated rings. The van der Waals surface area contributed by atoms with Crippen molar-refractivity contribution < 1.29 is 0 Å². The molecule has 1 N–H and O–H groups in total. The quantitative estimate of drug-likeness (QED) is 0.602. The molecule has 2 heterocycles. The Bertz CT molecular complexity index is 782. The molecule has 1 aromatic heterocycles. The molecule has 2 aromatic rings. The Hall–Kier alpha value is -2.34. The minimum atomic E-state index is 0.219. The van der Waals surface area contributed by atoms with Gasteiger partial charge in [-0.1, -0.05) is 37.3 Å². The average Bonchev–Trinajstić information content (AvgIpc) is 3.13. The first-order valence-corrected chi connectivity index (χ1v) is 10.7. The normalized spacial score (nSPS) is 21.4. The second kappa shape index (κ2) is 9.92. The summed E-state index contributed by atoms with van der Waals surface area (Å²) in [5, 5.41) is 7.85. The fourth-order valence-electron chi connectivity index (χ4n) is 4.31. The number of likely N-dealkylation sites (tertiary alicyclic amines) is 1. The molecule has 0 radical (unpaired) electrons. The topological polar surface area (TPSA) is 48.7 Å². The Morgan fingerprint density at radius 1 is 1.31 bits per heavy atom. The average molecular weight is 397 g/mol. The Balaban J connectivity index is 1.70. The van der Waals surface area contributed by atoms with E-state index in [4.69, 9.17) is 4.99 Å². The van der Waals surface area contributed by atoms with E-state index in [0.29, 0.717) is 18.4 Å².